The number of ether oxygens (including phenoxy) is 3. The smallest absolute Gasteiger partial charge is 0.362 e. The summed E-state index contributed by atoms with van der Waals surface area (Å²) >= 11 is 0. The second-order valence-electron chi connectivity index (χ2n) is 16.6. The summed E-state index contributed by atoms with van der Waals surface area (Å²) in [6.45, 7) is 4.57. The Kier molecular flexibility index (Phi) is 39.2. The van der Waals surface area contributed by atoms with E-state index in [4.69, 9.17) is 14.2 Å². The van der Waals surface area contributed by atoms with Crippen LogP contribution < -0.4 is 0 Å². The lowest BCUT2D eigenvalue weighted by atomic mass is 10.1. The number of rotatable bonds is 41. The minimum Gasteiger partial charge on any atom is -0.477 e. The van der Waals surface area contributed by atoms with Gasteiger partial charge in [0.1, 0.15) is 6.61 Å². The van der Waals surface area contributed by atoms with Crippen molar-refractivity contribution in [1.29, 1.82) is 0 Å². The number of hydrogen-bond donors (Lipinski definition) is 1. The Morgan fingerprint density at radius 2 is 0.949 bits per heavy atom. The minimum absolute atomic E-state index is 0.0480. The number of esters is 2. The molecule has 0 aromatic heterocycles. The lowest BCUT2D eigenvalue weighted by Crippen LogP contribution is -2.50. The Morgan fingerprint density at radius 1 is 0.525 bits per heavy atom. The molecule has 8 nitrogen and oxygen atoms in total. The first-order chi connectivity index (χ1) is 28.6. The number of unbranched alkanes of at least 4 members (excludes halogenated alkanes) is 15. The van der Waals surface area contributed by atoms with E-state index in [1.165, 1.54) is 64.2 Å². The summed E-state index contributed by atoms with van der Waals surface area (Å²) < 4.78 is 17.3. The molecule has 2 atom stereocenters. The highest BCUT2D eigenvalue weighted by Crippen LogP contribution is 2.13. The number of aliphatic carboxylic acids is 1. The van der Waals surface area contributed by atoms with Crippen LogP contribution in [0.25, 0.3) is 0 Å². The second kappa shape index (κ2) is 41.5. The fourth-order valence-electron chi connectivity index (χ4n) is 6.46. The standard InChI is InChI=1S/C51H87NO7/c1-6-8-10-12-14-16-18-20-22-23-24-25-26-28-29-31-33-35-37-39-41-49(53)58-46-47(45-57-44-43-48(51(55)56)52(3,4)5)59-50(54)42-40-38-36-34-32-30-27-21-19-17-15-13-11-9-7-2/h8,10,14,16-17,19-20,22,24-25,28-29,47-48H,6-7,9,11-13,15,18,21,23,26-27,30-46H2,1-5H3/p+1/b10-8+,16-14+,19-17+,22-20+,25-24+,29-28+. The topological polar surface area (TPSA) is 99.1 Å². The molecular formula is C51H88NO7+. The highest BCUT2D eigenvalue weighted by Gasteiger charge is 2.31. The van der Waals surface area contributed by atoms with Crippen LogP contribution in [0.4, 0.5) is 0 Å². The molecule has 2 unspecified atom stereocenters. The summed E-state index contributed by atoms with van der Waals surface area (Å²) in [7, 11) is 5.51. The van der Waals surface area contributed by atoms with Gasteiger partial charge in [0, 0.05) is 19.3 Å². The van der Waals surface area contributed by atoms with Crippen molar-refractivity contribution in [3.63, 3.8) is 0 Å². The fourth-order valence-corrected chi connectivity index (χ4v) is 6.46. The lowest BCUT2D eigenvalue weighted by molar-refractivity contribution is -0.887. The molecule has 0 fully saturated rings. The minimum atomic E-state index is -0.882. The molecule has 0 amide bonds. The molecule has 0 spiro atoms. The molecule has 1 N–H and O–H groups in total. The third-order valence-corrected chi connectivity index (χ3v) is 10.1. The van der Waals surface area contributed by atoms with Crippen LogP contribution in [0.5, 0.6) is 0 Å². The van der Waals surface area contributed by atoms with Gasteiger partial charge in [-0.3, -0.25) is 9.59 Å². The van der Waals surface area contributed by atoms with Gasteiger partial charge in [-0.2, -0.15) is 0 Å². The maximum atomic E-state index is 12.7. The number of quaternary nitrogens is 1. The highest BCUT2D eigenvalue weighted by atomic mass is 16.6. The Labute approximate surface area is 361 Å². The average molecular weight is 827 g/mol. The summed E-state index contributed by atoms with van der Waals surface area (Å²) in [6, 6.07) is -0.622. The van der Waals surface area contributed by atoms with E-state index in [0.717, 1.165) is 83.5 Å². The molecule has 0 rings (SSSR count). The van der Waals surface area contributed by atoms with Crippen LogP contribution in [0.2, 0.25) is 0 Å². The van der Waals surface area contributed by atoms with Gasteiger partial charge in [0.15, 0.2) is 12.1 Å². The summed E-state index contributed by atoms with van der Waals surface area (Å²) in [5.74, 6) is -1.51. The van der Waals surface area contributed by atoms with Gasteiger partial charge in [0.05, 0.1) is 34.4 Å². The molecule has 0 aromatic carbocycles. The molecule has 0 bridgehead atoms. The molecule has 0 aliphatic carbocycles. The van der Waals surface area contributed by atoms with Gasteiger partial charge in [-0.1, -0.05) is 151 Å². The van der Waals surface area contributed by atoms with Crippen LogP contribution in [0.3, 0.4) is 0 Å². The maximum absolute atomic E-state index is 12.7. The fraction of sp³-hybridized carbons (Fsp3) is 0.706. The van der Waals surface area contributed by atoms with Gasteiger partial charge in [-0.15, -0.1) is 0 Å². The molecule has 0 heterocycles. The molecule has 0 radical (unpaired) electrons. The Morgan fingerprint density at radius 3 is 1.42 bits per heavy atom. The number of allylic oxidation sites excluding steroid dienone is 12. The average Bonchev–Trinajstić information content (AvgIpc) is 3.19. The van der Waals surface area contributed by atoms with Crippen molar-refractivity contribution >= 4 is 17.9 Å². The van der Waals surface area contributed by atoms with Crippen LogP contribution >= 0.6 is 0 Å². The zero-order valence-corrected chi connectivity index (χ0v) is 38.4. The van der Waals surface area contributed by atoms with Crippen molar-refractivity contribution in [2.75, 3.05) is 41.0 Å². The van der Waals surface area contributed by atoms with Gasteiger partial charge in [-0.05, 0) is 83.5 Å². The molecule has 0 aliphatic rings. The van der Waals surface area contributed by atoms with Gasteiger partial charge < -0.3 is 23.8 Å². The first-order valence-electron chi connectivity index (χ1n) is 23.5. The van der Waals surface area contributed by atoms with E-state index >= 15 is 0 Å². The van der Waals surface area contributed by atoms with Crippen LogP contribution in [0.15, 0.2) is 72.9 Å². The number of carbonyl (C=O) groups excluding carboxylic acids is 2. The molecule has 0 saturated carbocycles. The summed E-state index contributed by atoms with van der Waals surface area (Å²) in [6.07, 6.45) is 52.3. The summed E-state index contributed by atoms with van der Waals surface area (Å²) in [4.78, 5) is 37.0. The van der Waals surface area contributed by atoms with Crippen molar-refractivity contribution in [1.82, 2.24) is 0 Å². The van der Waals surface area contributed by atoms with E-state index in [1.807, 2.05) is 21.1 Å². The van der Waals surface area contributed by atoms with E-state index in [-0.39, 0.29) is 36.2 Å². The molecular weight excluding hydrogens is 739 g/mol. The van der Waals surface area contributed by atoms with E-state index < -0.39 is 18.1 Å². The Balaban J connectivity index is 4.37. The van der Waals surface area contributed by atoms with Crippen molar-refractivity contribution in [3.05, 3.63) is 72.9 Å². The Bertz CT molecular complexity index is 1190. The molecule has 338 valence electrons. The third kappa shape index (κ3) is 40.0. The largest absolute Gasteiger partial charge is 0.477 e. The van der Waals surface area contributed by atoms with Crippen molar-refractivity contribution in [2.24, 2.45) is 0 Å². The first-order valence-corrected chi connectivity index (χ1v) is 23.5. The SMILES string of the molecule is CC/C=C/C/C=C/C/C=C/C/C=C/C/C=C/CCCCCCC(=O)OCC(COCCC(C(=O)O)[N+](C)(C)C)OC(=O)CCCCCCCCC/C=C/CCCCCC. The quantitative estimate of drug-likeness (QED) is 0.0284. The molecule has 8 heteroatoms. The number of nitrogens with zero attached hydrogens (tertiary/aromatic N) is 1. The van der Waals surface area contributed by atoms with Crippen LogP contribution in [-0.4, -0.2) is 80.6 Å². The predicted molar refractivity (Wildman–Crippen MR) is 247 cm³/mol. The molecule has 0 saturated heterocycles. The zero-order chi connectivity index (χ0) is 43.5. The number of hydrogen-bond acceptors (Lipinski definition) is 6. The monoisotopic (exact) mass is 827 g/mol. The lowest BCUT2D eigenvalue weighted by Gasteiger charge is -2.31. The van der Waals surface area contributed by atoms with Crippen molar-refractivity contribution in [2.45, 2.75) is 193 Å². The molecule has 59 heavy (non-hydrogen) atoms. The van der Waals surface area contributed by atoms with Crippen molar-refractivity contribution in [3.8, 4) is 0 Å². The van der Waals surface area contributed by atoms with Crippen LogP contribution in [0.1, 0.15) is 181 Å². The second-order valence-corrected chi connectivity index (χ2v) is 16.6. The number of carboxylic acid groups (broad SMARTS) is 1. The summed E-state index contributed by atoms with van der Waals surface area (Å²) in [5.41, 5.74) is 0. The van der Waals surface area contributed by atoms with Gasteiger partial charge in [0.25, 0.3) is 0 Å². The van der Waals surface area contributed by atoms with Gasteiger partial charge in [-0.25, -0.2) is 4.79 Å². The zero-order valence-electron chi connectivity index (χ0n) is 38.4. The van der Waals surface area contributed by atoms with Gasteiger partial charge >= 0.3 is 17.9 Å². The normalized spacial score (nSPS) is 13.6. The predicted octanol–water partition coefficient (Wildman–Crippen LogP) is 13.1. The van der Waals surface area contributed by atoms with Crippen LogP contribution in [-0.2, 0) is 28.6 Å². The Hall–Kier alpha value is -3.23. The first kappa shape index (κ1) is 55.8. The van der Waals surface area contributed by atoms with Crippen molar-refractivity contribution < 1.29 is 38.2 Å². The third-order valence-electron chi connectivity index (χ3n) is 10.1. The molecule has 0 aromatic rings. The maximum Gasteiger partial charge on any atom is 0.362 e. The highest BCUT2D eigenvalue weighted by molar-refractivity contribution is 5.72. The van der Waals surface area contributed by atoms with E-state index in [2.05, 4.69) is 86.8 Å². The van der Waals surface area contributed by atoms with E-state index in [1.54, 1.807) is 0 Å². The number of carbonyl (C=O) groups is 3. The van der Waals surface area contributed by atoms with E-state index in [9.17, 15) is 19.5 Å². The van der Waals surface area contributed by atoms with E-state index in [0.29, 0.717) is 19.3 Å². The van der Waals surface area contributed by atoms with Gasteiger partial charge in [0.2, 0.25) is 0 Å². The molecule has 0 aliphatic heterocycles. The number of likely N-dealkylation sites (N-methyl/N-ethyl adjacent to an activating group) is 1. The number of carboxylic acids is 1. The summed E-state index contributed by atoms with van der Waals surface area (Å²) in [5, 5.41) is 9.63. The van der Waals surface area contributed by atoms with Crippen LogP contribution in [0, 0.1) is 0 Å².